The third-order valence-corrected chi connectivity index (χ3v) is 5.22. The zero-order chi connectivity index (χ0) is 16.4. The molecule has 1 aromatic carbocycles. The maximum absolute atomic E-state index is 12.6. The van der Waals surface area contributed by atoms with Crippen LogP contribution in [0.4, 0.5) is 0 Å². The maximum Gasteiger partial charge on any atom is 0.254 e. The number of nitrogens with one attached hydrogen (secondary N) is 1. The van der Waals surface area contributed by atoms with Crippen molar-refractivity contribution in [3.63, 3.8) is 0 Å². The molecule has 0 saturated carbocycles. The molecule has 2 aromatic heterocycles. The van der Waals surface area contributed by atoms with Gasteiger partial charge in [0.1, 0.15) is 0 Å². The Morgan fingerprint density at radius 2 is 2.29 bits per heavy atom. The van der Waals surface area contributed by atoms with Gasteiger partial charge in [0.2, 0.25) is 0 Å². The van der Waals surface area contributed by atoms with Gasteiger partial charge in [0, 0.05) is 36.1 Å². The molecule has 3 aromatic rings. The average Bonchev–Trinajstić information content (AvgIpc) is 3.23. The van der Waals surface area contributed by atoms with Crippen molar-refractivity contribution >= 4 is 28.1 Å². The number of carbonyl (C=O) groups is 1. The minimum absolute atomic E-state index is 0.118. The Morgan fingerprint density at radius 1 is 1.33 bits per heavy atom. The molecular weight excluding hydrogens is 320 g/mol. The van der Waals surface area contributed by atoms with Crippen LogP contribution in [0.25, 0.3) is 10.9 Å². The Morgan fingerprint density at radius 3 is 3.17 bits per heavy atom. The number of fused-ring (bicyclic) bond motifs is 1. The highest BCUT2D eigenvalue weighted by Gasteiger charge is 2.23. The number of aromatic amines is 1. The van der Waals surface area contributed by atoms with Crippen LogP contribution in [0.15, 0.2) is 47.3 Å². The molecule has 0 aliphatic carbocycles. The molecule has 1 aliphatic heterocycles. The molecule has 0 spiro atoms. The predicted octanol–water partition coefficient (Wildman–Crippen LogP) is 3.56. The quantitative estimate of drug-likeness (QED) is 0.792. The molecule has 1 atom stereocenters. The minimum atomic E-state index is 0.118. The molecule has 5 heteroatoms. The van der Waals surface area contributed by atoms with E-state index < -0.39 is 0 Å². The normalized spacial score (nSPS) is 18.7. The van der Waals surface area contributed by atoms with E-state index in [9.17, 15) is 4.79 Å². The van der Waals surface area contributed by atoms with Crippen LogP contribution in [-0.4, -0.2) is 42.1 Å². The van der Waals surface area contributed by atoms with Gasteiger partial charge in [-0.15, -0.1) is 0 Å². The van der Waals surface area contributed by atoms with Crippen LogP contribution in [0, 0.1) is 5.92 Å². The lowest BCUT2D eigenvalue weighted by Crippen LogP contribution is -2.36. The van der Waals surface area contributed by atoms with Gasteiger partial charge >= 0.3 is 0 Å². The van der Waals surface area contributed by atoms with Crippen molar-refractivity contribution in [2.45, 2.75) is 6.42 Å². The van der Waals surface area contributed by atoms with Crippen LogP contribution in [0.5, 0.6) is 0 Å². The highest BCUT2D eigenvalue weighted by atomic mass is 32.1. The number of thiophene rings is 1. The summed E-state index contributed by atoms with van der Waals surface area (Å²) >= 11 is 1.56. The molecule has 1 saturated heterocycles. The molecule has 1 fully saturated rings. The molecule has 1 N–H and O–H groups in total. The van der Waals surface area contributed by atoms with E-state index in [1.165, 1.54) is 10.9 Å². The van der Waals surface area contributed by atoms with E-state index in [0.29, 0.717) is 25.7 Å². The zero-order valence-electron chi connectivity index (χ0n) is 13.4. The molecular formula is C19H20N2O2S. The van der Waals surface area contributed by atoms with Crippen molar-refractivity contribution in [3.8, 4) is 0 Å². The lowest BCUT2D eigenvalue weighted by molar-refractivity contribution is 0.0738. The van der Waals surface area contributed by atoms with Crippen molar-refractivity contribution in [1.29, 1.82) is 0 Å². The summed E-state index contributed by atoms with van der Waals surface area (Å²) in [6.45, 7) is 2.74. The van der Waals surface area contributed by atoms with Crippen molar-refractivity contribution in [1.82, 2.24) is 9.88 Å². The van der Waals surface area contributed by atoms with Gasteiger partial charge in [-0.3, -0.25) is 4.79 Å². The third kappa shape index (κ3) is 3.23. The lowest BCUT2D eigenvalue weighted by atomic mass is 9.98. The number of aromatic nitrogens is 1. The summed E-state index contributed by atoms with van der Waals surface area (Å²) in [5, 5.41) is 5.10. The van der Waals surface area contributed by atoms with E-state index in [0.717, 1.165) is 24.0 Å². The van der Waals surface area contributed by atoms with E-state index >= 15 is 0 Å². The topological polar surface area (TPSA) is 45.3 Å². The monoisotopic (exact) mass is 340 g/mol. The lowest BCUT2D eigenvalue weighted by Gasteiger charge is -2.23. The summed E-state index contributed by atoms with van der Waals surface area (Å²) in [5.74, 6) is 0.444. The average molecular weight is 340 g/mol. The van der Waals surface area contributed by atoms with Gasteiger partial charge in [-0.2, -0.15) is 11.3 Å². The molecule has 1 amide bonds. The smallest absolute Gasteiger partial charge is 0.254 e. The number of ether oxygens (including phenoxy) is 1. The first kappa shape index (κ1) is 15.4. The SMILES string of the molecule is O=C(c1ccsc1)N1CCOCC(Cc2ccc3[nH]ccc3c2)C1. The standard InChI is InChI=1S/C19H20N2O2S/c22-19(17-4-8-24-13-17)21-6-7-23-12-15(11-21)9-14-1-2-18-16(10-14)3-5-20-18/h1-5,8,10,13,15,20H,6-7,9,11-12H2. The second-order valence-electron chi connectivity index (χ2n) is 6.31. The van der Waals surface area contributed by atoms with Crippen molar-refractivity contribution in [3.05, 3.63) is 58.4 Å². The van der Waals surface area contributed by atoms with Crippen molar-refractivity contribution in [2.24, 2.45) is 5.92 Å². The highest BCUT2D eigenvalue weighted by Crippen LogP contribution is 2.20. The summed E-state index contributed by atoms with van der Waals surface area (Å²) < 4.78 is 5.75. The van der Waals surface area contributed by atoms with Crippen molar-refractivity contribution < 1.29 is 9.53 Å². The number of rotatable bonds is 3. The molecule has 0 bridgehead atoms. The molecule has 4 rings (SSSR count). The van der Waals surface area contributed by atoms with Crippen LogP contribution in [0.3, 0.4) is 0 Å². The van der Waals surface area contributed by atoms with Gasteiger partial charge in [-0.25, -0.2) is 0 Å². The Kier molecular flexibility index (Phi) is 4.36. The molecule has 1 aliphatic rings. The summed E-state index contributed by atoms with van der Waals surface area (Å²) in [5.41, 5.74) is 3.24. The van der Waals surface area contributed by atoms with Gasteiger partial charge in [0.05, 0.1) is 18.8 Å². The fourth-order valence-corrected chi connectivity index (χ4v) is 3.95. The van der Waals surface area contributed by atoms with Gasteiger partial charge < -0.3 is 14.6 Å². The van der Waals surface area contributed by atoms with E-state index in [1.807, 2.05) is 27.9 Å². The summed E-state index contributed by atoms with van der Waals surface area (Å²) in [6.07, 6.45) is 2.89. The van der Waals surface area contributed by atoms with E-state index in [-0.39, 0.29) is 5.91 Å². The van der Waals surface area contributed by atoms with E-state index in [1.54, 1.807) is 11.3 Å². The summed E-state index contributed by atoms with van der Waals surface area (Å²) in [7, 11) is 0. The number of H-pyrrole nitrogens is 1. The van der Waals surface area contributed by atoms with Gasteiger partial charge in [0.15, 0.2) is 0 Å². The molecule has 1 unspecified atom stereocenters. The van der Waals surface area contributed by atoms with Crippen LogP contribution in [0.1, 0.15) is 15.9 Å². The first-order valence-electron chi connectivity index (χ1n) is 8.25. The van der Waals surface area contributed by atoms with Gasteiger partial charge in [0.25, 0.3) is 5.91 Å². The fraction of sp³-hybridized carbons (Fsp3) is 0.316. The minimum Gasteiger partial charge on any atom is -0.379 e. The number of hydrogen-bond donors (Lipinski definition) is 1. The number of amides is 1. The first-order chi connectivity index (χ1) is 11.8. The molecule has 4 nitrogen and oxygen atoms in total. The third-order valence-electron chi connectivity index (χ3n) is 4.54. The van der Waals surface area contributed by atoms with E-state index in [4.69, 9.17) is 4.74 Å². The first-order valence-corrected chi connectivity index (χ1v) is 9.19. The van der Waals surface area contributed by atoms with Gasteiger partial charge in [-0.05, 0) is 47.0 Å². The number of nitrogens with zero attached hydrogens (tertiary/aromatic N) is 1. The van der Waals surface area contributed by atoms with Crippen LogP contribution in [0.2, 0.25) is 0 Å². The molecule has 0 radical (unpaired) electrons. The second-order valence-corrected chi connectivity index (χ2v) is 7.09. The summed E-state index contributed by atoms with van der Waals surface area (Å²) in [4.78, 5) is 17.8. The zero-order valence-corrected chi connectivity index (χ0v) is 14.2. The Hall–Kier alpha value is -2.11. The molecule has 124 valence electrons. The van der Waals surface area contributed by atoms with E-state index in [2.05, 4.69) is 29.2 Å². The Bertz CT molecular complexity index is 825. The number of benzene rings is 1. The Balaban J connectivity index is 1.48. The predicted molar refractivity (Wildman–Crippen MR) is 96.5 cm³/mol. The molecule has 24 heavy (non-hydrogen) atoms. The molecule has 3 heterocycles. The Labute approximate surface area is 145 Å². The van der Waals surface area contributed by atoms with Crippen LogP contribution < -0.4 is 0 Å². The number of hydrogen-bond acceptors (Lipinski definition) is 3. The maximum atomic E-state index is 12.6. The summed E-state index contributed by atoms with van der Waals surface area (Å²) in [6, 6.07) is 10.5. The van der Waals surface area contributed by atoms with Crippen LogP contribution in [-0.2, 0) is 11.2 Å². The second kappa shape index (κ2) is 6.79. The fourth-order valence-electron chi connectivity index (χ4n) is 3.32. The van der Waals surface area contributed by atoms with Crippen molar-refractivity contribution in [2.75, 3.05) is 26.3 Å². The highest BCUT2D eigenvalue weighted by molar-refractivity contribution is 7.08. The van der Waals surface area contributed by atoms with Gasteiger partial charge in [-0.1, -0.05) is 6.07 Å². The number of carbonyl (C=O) groups excluding carboxylic acids is 1. The van der Waals surface area contributed by atoms with Crippen LogP contribution >= 0.6 is 11.3 Å². The largest absolute Gasteiger partial charge is 0.379 e.